The Bertz CT molecular complexity index is 890. The number of unbranched alkanes of at least 4 members (excludes halogenated alkanes) is 1. The first kappa shape index (κ1) is 17.7. The van der Waals surface area contributed by atoms with E-state index >= 15 is 0 Å². The van der Waals surface area contributed by atoms with Gasteiger partial charge in [0.15, 0.2) is 5.82 Å². The van der Waals surface area contributed by atoms with Crippen LogP contribution in [-0.2, 0) is 4.79 Å². The number of hydrogen-bond acceptors (Lipinski definition) is 4. The van der Waals surface area contributed by atoms with Gasteiger partial charge in [-0.25, -0.2) is 0 Å². The van der Waals surface area contributed by atoms with Gasteiger partial charge in [-0.1, -0.05) is 48.8 Å². The molecule has 0 unspecified atom stereocenters. The highest BCUT2D eigenvalue weighted by Crippen LogP contribution is 2.17. The highest BCUT2D eigenvalue weighted by molar-refractivity contribution is 6.01. The van der Waals surface area contributed by atoms with E-state index in [0.29, 0.717) is 17.9 Å². The fourth-order valence-corrected chi connectivity index (χ4v) is 2.74. The lowest BCUT2D eigenvalue weighted by atomic mass is 10.1. The Morgan fingerprint density at radius 1 is 1.12 bits per heavy atom. The molecule has 0 fully saturated rings. The molecule has 2 aromatic carbocycles. The van der Waals surface area contributed by atoms with E-state index in [0.717, 1.165) is 23.6 Å². The third kappa shape index (κ3) is 4.27. The summed E-state index contributed by atoms with van der Waals surface area (Å²) in [5.74, 6) is -0.118. The topological polar surface area (TPSA) is 75.4 Å². The Hall–Kier alpha value is -3.15. The lowest BCUT2D eigenvalue weighted by molar-refractivity contribution is -0.116. The maximum absolute atomic E-state index is 12.9. The summed E-state index contributed by atoms with van der Waals surface area (Å²) in [6, 6.07) is 15.0. The zero-order valence-corrected chi connectivity index (χ0v) is 14.6. The van der Waals surface area contributed by atoms with Crippen molar-refractivity contribution >= 4 is 28.4 Å². The molecule has 134 valence electrons. The van der Waals surface area contributed by atoms with Gasteiger partial charge in [0.25, 0.3) is 5.91 Å². The van der Waals surface area contributed by atoms with Gasteiger partial charge in [0, 0.05) is 18.2 Å². The lowest BCUT2D eigenvalue weighted by Crippen LogP contribution is -2.38. The molecule has 6 nitrogen and oxygen atoms in total. The minimum Gasteiger partial charge on any atom is -0.363 e. The van der Waals surface area contributed by atoms with Crippen LogP contribution in [0.5, 0.6) is 0 Å². The first-order chi connectivity index (χ1) is 12.7. The van der Waals surface area contributed by atoms with Crippen molar-refractivity contribution in [2.24, 2.45) is 0 Å². The molecule has 0 spiro atoms. The number of benzene rings is 2. The molecule has 1 N–H and O–H groups in total. The quantitative estimate of drug-likeness (QED) is 0.704. The van der Waals surface area contributed by atoms with Gasteiger partial charge in [0.1, 0.15) is 12.8 Å². The second kappa shape index (κ2) is 8.29. The SMILES string of the molecule is CCCCN(CC(=O)Nc1ccon1)C(=O)c1ccc2ccccc2c1. The van der Waals surface area contributed by atoms with E-state index in [1.807, 2.05) is 43.3 Å². The molecule has 3 aromatic rings. The van der Waals surface area contributed by atoms with Crippen molar-refractivity contribution < 1.29 is 14.1 Å². The van der Waals surface area contributed by atoms with E-state index in [-0.39, 0.29) is 18.4 Å². The maximum Gasteiger partial charge on any atom is 0.254 e. The average molecular weight is 351 g/mol. The van der Waals surface area contributed by atoms with Crippen molar-refractivity contribution in [1.29, 1.82) is 0 Å². The molecule has 1 aromatic heterocycles. The van der Waals surface area contributed by atoms with Crippen LogP contribution in [0.25, 0.3) is 10.8 Å². The Labute approximate surface area is 151 Å². The Balaban J connectivity index is 1.76. The van der Waals surface area contributed by atoms with Crippen LogP contribution in [-0.4, -0.2) is 35.0 Å². The number of anilines is 1. The van der Waals surface area contributed by atoms with Crippen LogP contribution in [0.4, 0.5) is 5.82 Å². The summed E-state index contributed by atoms with van der Waals surface area (Å²) in [6.45, 7) is 2.54. The van der Waals surface area contributed by atoms with Gasteiger partial charge in [-0.2, -0.15) is 0 Å². The van der Waals surface area contributed by atoms with Crippen LogP contribution >= 0.6 is 0 Å². The number of carbonyl (C=O) groups excluding carboxylic acids is 2. The molecule has 26 heavy (non-hydrogen) atoms. The van der Waals surface area contributed by atoms with E-state index in [2.05, 4.69) is 10.5 Å². The molecule has 0 atom stereocenters. The molecule has 0 bridgehead atoms. The maximum atomic E-state index is 12.9. The standard InChI is InChI=1S/C20H21N3O3/c1-2-3-11-23(14-19(24)21-18-10-12-26-22-18)20(25)17-9-8-15-6-4-5-7-16(15)13-17/h4-10,12-13H,2-3,11,14H2,1H3,(H,21,22,24). The number of amides is 2. The first-order valence-corrected chi connectivity index (χ1v) is 8.65. The minimum atomic E-state index is -0.302. The molecular formula is C20H21N3O3. The number of aromatic nitrogens is 1. The van der Waals surface area contributed by atoms with Gasteiger partial charge in [0.2, 0.25) is 5.91 Å². The largest absolute Gasteiger partial charge is 0.363 e. The summed E-state index contributed by atoms with van der Waals surface area (Å²) >= 11 is 0. The second-order valence-corrected chi connectivity index (χ2v) is 6.08. The van der Waals surface area contributed by atoms with Crippen molar-refractivity contribution in [1.82, 2.24) is 10.1 Å². The van der Waals surface area contributed by atoms with Crippen LogP contribution in [0.1, 0.15) is 30.1 Å². The fourth-order valence-electron chi connectivity index (χ4n) is 2.74. The van der Waals surface area contributed by atoms with Crippen LogP contribution in [0, 0.1) is 0 Å². The predicted molar refractivity (Wildman–Crippen MR) is 99.9 cm³/mol. The van der Waals surface area contributed by atoms with E-state index in [4.69, 9.17) is 4.52 Å². The second-order valence-electron chi connectivity index (χ2n) is 6.08. The Morgan fingerprint density at radius 2 is 1.92 bits per heavy atom. The van der Waals surface area contributed by atoms with E-state index in [1.165, 1.54) is 6.26 Å². The zero-order chi connectivity index (χ0) is 18.4. The molecule has 0 saturated heterocycles. The lowest BCUT2D eigenvalue weighted by Gasteiger charge is -2.22. The predicted octanol–water partition coefficient (Wildman–Crippen LogP) is 3.71. The Morgan fingerprint density at radius 3 is 2.65 bits per heavy atom. The van der Waals surface area contributed by atoms with Gasteiger partial charge in [-0.3, -0.25) is 9.59 Å². The third-order valence-corrected chi connectivity index (χ3v) is 4.10. The number of carbonyl (C=O) groups is 2. The van der Waals surface area contributed by atoms with Crippen LogP contribution in [0.15, 0.2) is 59.3 Å². The number of hydrogen-bond donors (Lipinski definition) is 1. The average Bonchev–Trinajstić information content (AvgIpc) is 3.17. The zero-order valence-electron chi connectivity index (χ0n) is 14.6. The van der Waals surface area contributed by atoms with Gasteiger partial charge in [-0.05, 0) is 29.3 Å². The molecule has 0 aliphatic carbocycles. The van der Waals surface area contributed by atoms with Crippen molar-refractivity contribution in [2.75, 3.05) is 18.4 Å². The summed E-state index contributed by atoms with van der Waals surface area (Å²) in [7, 11) is 0. The summed E-state index contributed by atoms with van der Waals surface area (Å²) < 4.78 is 4.70. The van der Waals surface area contributed by atoms with Crippen LogP contribution in [0.3, 0.4) is 0 Å². The number of nitrogens with zero attached hydrogens (tertiary/aromatic N) is 2. The van der Waals surface area contributed by atoms with Crippen LogP contribution < -0.4 is 5.32 Å². The molecule has 3 rings (SSSR count). The molecule has 0 saturated carbocycles. The molecule has 6 heteroatoms. The van der Waals surface area contributed by atoms with E-state index < -0.39 is 0 Å². The van der Waals surface area contributed by atoms with Gasteiger partial charge >= 0.3 is 0 Å². The summed E-state index contributed by atoms with van der Waals surface area (Å²) in [6.07, 6.45) is 3.15. The smallest absolute Gasteiger partial charge is 0.254 e. The monoisotopic (exact) mass is 351 g/mol. The summed E-state index contributed by atoms with van der Waals surface area (Å²) in [5.41, 5.74) is 0.578. The van der Waals surface area contributed by atoms with Gasteiger partial charge < -0.3 is 14.7 Å². The highest BCUT2D eigenvalue weighted by Gasteiger charge is 2.19. The molecule has 0 aliphatic heterocycles. The molecule has 0 aliphatic rings. The van der Waals surface area contributed by atoms with Gasteiger partial charge in [0.05, 0.1) is 0 Å². The van der Waals surface area contributed by atoms with Crippen molar-refractivity contribution in [3.05, 3.63) is 60.4 Å². The molecular weight excluding hydrogens is 330 g/mol. The third-order valence-electron chi connectivity index (χ3n) is 4.10. The minimum absolute atomic E-state index is 0.0292. The first-order valence-electron chi connectivity index (χ1n) is 8.65. The Kier molecular flexibility index (Phi) is 5.63. The highest BCUT2D eigenvalue weighted by atomic mass is 16.5. The van der Waals surface area contributed by atoms with E-state index in [9.17, 15) is 9.59 Å². The summed E-state index contributed by atoms with van der Waals surface area (Å²) in [4.78, 5) is 26.8. The number of fused-ring (bicyclic) bond motifs is 1. The molecule has 1 heterocycles. The normalized spacial score (nSPS) is 10.7. The number of nitrogens with one attached hydrogen (secondary N) is 1. The summed E-state index contributed by atoms with van der Waals surface area (Å²) in [5, 5.41) is 8.36. The van der Waals surface area contributed by atoms with Crippen molar-refractivity contribution in [3.8, 4) is 0 Å². The van der Waals surface area contributed by atoms with Crippen molar-refractivity contribution in [2.45, 2.75) is 19.8 Å². The molecule has 0 radical (unpaired) electrons. The van der Waals surface area contributed by atoms with Crippen molar-refractivity contribution in [3.63, 3.8) is 0 Å². The number of rotatable bonds is 7. The fraction of sp³-hybridized carbons (Fsp3) is 0.250. The van der Waals surface area contributed by atoms with Gasteiger partial charge in [-0.15, -0.1) is 0 Å². The van der Waals surface area contributed by atoms with Crippen LogP contribution in [0.2, 0.25) is 0 Å². The molecule has 2 amide bonds. The van der Waals surface area contributed by atoms with E-state index in [1.54, 1.807) is 17.0 Å².